The van der Waals surface area contributed by atoms with Crippen molar-refractivity contribution in [3.8, 4) is 0 Å². The van der Waals surface area contributed by atoms with Crippen molar-refractivity contribution in [1.29, 1.82) is 0 Å². The number of nitrogen functional groups attached to an aromatic ring is 1. The summed E-state index contributed by atoms with van der Waals surface area (Å²) < 4.78 is 3.88. The van der Waals surface area contributed by atoms with Crippen LogP contribution in [-0.2, 0) is 6.54 Å². The first kappa shape index (κ1) is 14.3. The molecule has 2 N–H and O–H groups in total. The Morgan fingerprint density at radius 2 is 2.00 bits per heavy atom. The number of hydrogen-bond acceptors (Lipinski definition) is 6. The third-order valence-corrected chi connectivity index (χ3v) is 3.04. The molecule has 0 atom stereocenters. The first-order chi connectivity index (χ1) is 7.99. The summed E-state index contributed by atoms with van der Waals surface area (Å²) >= 11 is 1.27. The van der Waals surface area contributed by atoms with Gasteiger partial charge in [-0.25, -0.2) is 0 Å². The highest BCUT2D eigenvalue weighted by Gasteiger charge is 2.12. The zero-order valence-corrected chi connectivity index (χ0v) is 12.0. The Morgan fingerprint density at radius 3 is 2.47 bits per heavy atom. The molecular weight excluding hydrogens is 234 g/mol. The Kier molecular flexibility index (Phi) is 5.80. The number of likely N-dealkylation sites (N-methyl/N-ethyl adjacent to an activating group) is 1. The fourth-order valence-electron chi connectivity index (χ4n) is 1.63. The SMILES string of the molecule is CC(C)CN(CCN(C)C)Cc1nnsc1N. The minimum absolute atomic E-state index is 0.644. The zero-order chi connectivity index (χ0) is 12.8. The number of aromatic nitrogens is 2. The van der Waals surface area contributed by atoms with E-state index < -0.39 is 0 Å². The van der Waals surface area contributed by atoms with Gasteiger partial charge in [0.15, 0.2) is 0 Å². The second-order valence-corrected chi connectivity index (χ2v) is 5.80. The molecule has 0 aliphatic heterocycles. The first-order valence-corrected chi connectivity index (χ1v) is 6.70. The minimum Gasteiger partial charge on any atom is -0.388 e. The Balaban J connectivity index is 2.54. The third-order valence-electron chi connectivity index (χ3n) is 2.45. The quantitative estimate of drug-likeness (QED) is 0.794. The van der Waals surface area contributed by atoms with Crippen molar-refractivity contribution in [3.05, 3.63) is 5.69 Å². The molecule has 6 heteroatoms. The van der Waals surface area contributed by atoms with Crippen LogP contribution in [0.2, 0.25) is 0 Å². The van der Waals surface area contributed by atoms with Crippen LogP contribution in [0.4, 0.5) is 5.00 Å². The van der Waals surface area contributed by atoms with E-state index in [-0.39, 0.29) is 0 Å². The molecule has 0 saturated heterocycles. The van der Waals surface area contributed by atoms with E-state index in [2.05, 4.69) is 47.3 Å². The molecule has 17 heavy (non-hydrogen) atoms. The van der Waals surface area contributed by atoms with E-state index in [1.165, 1.54) is 11.5 Å². The summed E-state index contributed by atoms with van der Waals surface area (Å²) in [7, 11) is 4.18. The topological polar surface area (TPSA) is 58.3 Å². The summed E-state index contributed by atoms with van der Waals surface area (Å²) in [5.74, 6) is 0.644. The Labute approximate surface area is 108 Å². The largest absolute Gasteiger partial charge is 0.388 e. The van der Waals surface area contributed by atoms with Gasteiger partial charge in [0.05, 0.1) is 0 Å². The molecule has 1 heterocycles. The Bertz CT molecular complexity index is 323. The van der Waals surface area contributed by atoms with Gasteiger partial charge in [-0.05, 0) is 20.0 Å². The zero-order valence-electron chi connectivity index (χ0n) is 11.2. The van der Waals surface area contributed by atoms with Gasteiger partial charge in [0.2, 0.25) is 0 Å². The summed E-state index contributed by atoms with van der Waals surface area (Å²) in [5.41, 5.74) is 6.74. The van der Waals surface area contributed by atoms with E-state index in [4.69, 9.17) is 5.73 Å². The maximum atomic E-state index is 5.83. The predicted octanol–water partition coefficient (Wildman–Crippen LogP) is 1.14. The van der Waals surface area contributed by atoms with Gasteiger partial charge in [-0.1, -0.05) is 18.3 Å². The normalized spacial score (nSPS) is 11.9. The number of hydrogen-bond donors (Lipinski definition) is 1. The van der Waals surface area contributed by atoms with E-state index in [0.717, 1.165) is 36.9 Å². The van der Waals surface area contributed by atoms with Crippen LogP contribution >= 0.6 is 11.5 Å². The summed E-state index contributed by atoms with van der Waals surface area (Å²) in [6.45, 7) is 8.39. The molecule has 0 saturated carbocycles. The second-order valence-electron chi connectivity index (χ2n) is 5.02. The molecule has 1 rings (SSSR count). The highest BCUT2D eigenvalue weighted by Crippen LogP contribution is 2.15. The molecule has 1 aromatic heterocycles. The Morgan fingerprint density at radius 1 is 1.29 bits per heavy atom. The molecule has 0 aliphatic carbocycles. The van der Waals surface area contributed by atoms with E-state index in [9.17, 15) is 0 Å². The maximum absolute atomic E-state index is 5.83. The predicted molar refractivity (Wildman–Crippen MR) is 73.0 cm³/mol. The smallest absolute Gasteiger partial charge is 0.132 e. The minimum atomic E-state index is 0.644. The number of anilines is 1. The van der Waals surface area contributed by atoms with E-state index in [1.54, 1.807) is 0 Å². The molecule has 0 fully saturated rings. The van der Waals surface area contributed by atoms with E-state index in [0.29, 0.717) is 5.92 Å². The van der Waals surface area contributed by atoms with Gasteiger partial charge in [-0.2, -0.15) is 0 Å². The molecule has 98 valence electrons. The second kappa shape index (κ2) is 6.88. The van der Waals surface area contributed by atoms with Crippen LogP contribution in [0, 0.1) is 5.92 Å². The third kappa shape index (κ3) is 5.43. The number of nitrogens with zero attached hydrogens (tertiary/aromatic N) is 4. The molecular formula is C11H23N5S. The first-order valence-electron chi connectivity index (χ1n) is 5.92. The van der Waals surface area contributed by atoms with Gasteiger partial charge in [0.1, 0.15) is 10.7 Å². The van der Waals surface area contributed by atoms with E-state index in [1.807, 2.05) is 0 Å². The van der Waals surface area contributed by atoms with Gasteiger partial charge in [-0.15, -0.1) is 5.10 Å². The lowest BCUT2D eigenvalue weighted by Crippen LogP contribution is -2.34. The number of nitrogens with two attached hydrogens (primary N) is 1. The summed E-state index contributed by atoms with van der Waals surface area (Å²) in [5, 5.41) is 4.82. The average molecular weight is 257 g/mol. The molecule has 5 nitrogen and oxygen atoms in total. The van der Waals surface area contributed by atoms with Crippen LogP contribution in [-0.4, -0.2) is 53.1 Å². The van der Waals surface area contributed by atoms with Crippen LogP contribution < -0.4 is 5.73 Å². The molecule has 0 aromatic carbocycles. The van der Waals surface area contributed by atoms with Gasteiger partial charge in [0, 0.05) is 37.7 Å². The lowest BCUT2D eigenvalue weighted by Gasteiger charge is -2.25. The van der Waals surface area contributed by atoms with Crippen LogP contribution in [0.5, 0.6) is 0 Å². The molecule has 0 radical (unpaired) electrons. The molecule has 0 unspecified atom stereocenters. The lowest BCUT2D eigenvalue weighted by molar-refractivity contribution is 0.210. The van der Waals surface area contributed by atoms with Crippen molar-refractivity contribution >= 4 is 16.5 Å². The maximum Gasteiger partial charge on any atom is 0.132 e. The van der Waals surface area contributed by atoms with Gasteiger partial charge >= 0.3 is 0 Å². The highest BCUT2D eigenvalue weighted by molar-refractivity contribution is 7.09. The molecule has 0 amide bonds. The number of rotatable bonds is 7. The van der Waals surface area contributed by atoms with Crippen LogP contribution in [0.1, 0.15) is 19.5 Å². The van der Waals surface area contributed by atoms with Crippen molar-refractivity contribution in [3.63, 3.8) is 0 Å². The van der Waals surface area contributed by atoms with Gasteiger partial charge in [0.25, 0.3) is 0 Å². The Hall–Kier alpha value is -0.720. The van der Waals surface area contributed by atoms with Crippen molar-refractivity contribution in [2.45, 2.75) is 20.4 Å². The fraction of sp³-hybridized carbons (Fsp3) is 0.818. The highest BCUT2D eigenvalue weighted by atomic mass is 32.1. The van der Waals surface area contributed by atoms with Gasteiger partial charge in [-0.3, -0.25) is 4.90 Å². The summed E-state index contributed by atoms with van der Waals surface area (Å²) in [6.07, 6.45) is 0. The van der Waals surface area contributed by atoms with Crippen molar-refractivity contribution in [2.75, 3.05) is 39.5 Å². The van der Waals surface area contributed by atoms with Crippen LogP contribution in [0.3, 0.4) is 0 Å². The van der Waals surface area contributed by atoms with Crippen molar-refractivity contribution in [2.24, 2.45) is 5.92 Å². The summed E-state index contributed by atoms with van der Waals surface area (Å²) in [4.78, 5) is 4.58. The van der Waals surface area contributed by atoms with Crippen LogP contribution in [0.15, 0.2) is 0 Å². The molecule has 1 aromatic rings. The standard InChI is InChI=1S/C11H23N5S/c1-9(2)7-16(6-5-15(3)4)8-10-11(12)17-14-13-10/h9H,5-8,12H2,1-4H3. The van der Waals surface area contributed by atoms with E-state index >= 15 is 0 Å². The van der Waals surface area contributed by atoms with Crippen molar-refractivity contribution < 1.29 is 0 Å². The molecule has 0 aliphatic rings. The monoisotopic (exact) mass is 257 g/mol. The average Bonchev–Trinajstić information content (AvgIpc) is 2.60. The fourth-order valence-corrected chi connectivity index (χ4v) is 2.07. The van der Waals surface area contributed by atoms with Crippen LogP contribution in [0.25, 0.3) is 0 Å². The molecule has 0 spiro atoms. The van der Waals surface area contributed by atoms with Crippen molar-refractivity contribution in [1.82, 2.24) is 19.4 Å². The summed E-state index contributed by atoms with van der Waals surface area (Å²) in [6, 6.07) is 0. The molecule has 0 bridgehead atoms. The lowest BCUT2D eigenvalue weighted by atomic mass is 10.2. The van der Waals surface area contributed by atoms with Gasteiger partial charge < -0.3 is 10.6 Å².